The number of hydrogen-bond donors (Lipinski definition) is 3. The molecular formula is C25H26N4OS. The minimum Gasteiger partial charge on any atom is -0.384 e. The van der Waals surface area contributed by atoms with Crippen molar-refractivity contribution in [2.24, 2.45) is 0 Å². The number of nitrogens with two attached hydrogens (primary N) is 1. The Morgan fingerprint density at radius 1 is 1.13 bits per heavy atom. The summed E-state index contributed by atoms with van der Waals surface area (Å²) in [6, 6.07) is 17.9. The third-order valence-electron chi connectivity index (χ3n) is 5.16. The summed E-state index contributed by atoms with van der Waals surface area (Å²) in [5.41, 5.74) is 10.5. The lowest BCUT2D eigenvalue weighted by Crippen LogP contribution is -2.13. The molecule has 0 atom stereocenters. The average Bonchev–Trinajstić information content (AvgIpc) is 3.17. The number of carbonyl (C=O) groups excluding carboxylic acids is 1. The molecule has 0 aliphatic carbocycles. The summed E-state index contributed by atoms with van der Waals surface area (Å²) in [4.78, 5) is 21.4. The number of amides is 1. The molecule has 0 spiro atoms. The largest absolute Gasteiger partial charge is 0.384 e. The van der Waals surface area contributed by atoms with Gasteiger partial charge in [-0.1, -0.05) is 39.0 Å². The van der Waals surface area contributed by atoms with Crippen LogP contribution in [0.25, 0.3) is 10.9 Å². The lowest BCUT2D eigenvalue weighted by molar-refractivity contribution is 0.102. The second-order valence-electron chi connectivity index (χ2n) is 8.54. The van der Waals surface area contributed by atoms with Crippen LogP contribution >= 0.6 is 11.8 Å². The van der Waals surface area contributed by atoms with Crippen LogP contribution in [0.4, 0.5) is 11.5 Å². The summed E-state index contributed by atoms with van der Waals surface area (Å²) < 4.78 is 0. The Kier molecular flexibility index (Phi) is 5.74. The third kappa shape index (κ3) is 4.75. The minimum absolute atomic E-state index is 0.0744. The molecule has 0 fully saturated rings. The Balaban J connectivity index is 1.57. The zero-order valence-electron chi connectivity index (χ0n) is 17.9. The zero-order chi connectivity index (χ0) is 22.0. The molecule has 0 saturated carbocycles. The van der Waals surface area contributed by atoms with Crippen LogP contribution in [0.2, 0.25) is 0 Å². The van der Waals surface area contributed by atoms with Crippen LogP contribution in [0.1, 0.15) is 42.3 Å². The first-order valence-electron chi connectivity index (χ1n) is 10.2. The van der Waals surface area contributed by atoms with E-state index in [1.807, 2.05) is 42.5 Å². The number of nitrogen functional groups attached to an aromatic ring is 1. The molecular weight excluding hydrogens is 404 g/mol. The van der Waals surface area contributed by atoms with Crippen molar-refractivity contribution in [1.82, 2.24) is 9.97 Å². The van der Waals surface area contributed by atoms with Gasteiger partial charge in [0.25, 0.3) is 5.91 Å². The van der Waals surface area contributed by atoms with Crippen LogP contribution in [-0.4, -0.2) is 15.9 Å². The van der Waals surface area contributed by atoms with Gasteiger partial charge in [0.1, 0.15) is 5.82 Å². The molecule has 5 nitrogen and oxygen atoms in total. The first-order chi connectivity index (χ1) is 14.8. The van der Waals surface area contributed by atoms with Gasteiger partial charge in [0.05, 0.1) is 5.56 Å². The fourth-order valence-corrected chi connectivity index (χ4v) is 4.49. The fraction of sp³-hybridized carbons (Fsp3) is 0.200. The van der Waals surface area contributed by atoms with Crippen LogP contribution in [-0.2, 0) is 11.2 Å². The molecule has 0 saturated heterocycles. The molecule has 2 aromatic heterocycles. The summed E-state index contributed by atoms with van der Waals surface area (Å²) in [5.74, 6) is 1.12. The van der Waals surface area contributed by atoms with Gasteiger partial charge in [0.15, 0.2) is 0 Å². The summed E-state index contributed by atoms with van der Waals surface area (Å²) in [6.07, 6.45) is 3.49. The topological polar surface area (TPSA) is 83.8 Å². The predicted molar refractivity (Wildman–Crippen MR) is 130 cm³/mol. The van der Waals surface area contributed by atoms with Crippen LogP contribution in [0.5, 0.6) is 0 Å². The number of aromatic amines is 1. The van der Waals surface area contributed by atoms with E-state index in [4.69, 9.17) is 5.73 Å². The Labute approximate surface area is 186 Å². The molecule has 0 unspecified atom stereocenters. The lowest BCUT2D eigenvalue weighted by atomic mass is 9.87. The smallest absolute Gasteiger partial charge is 0.257 e. The van der Waals surface area contributed by atoms with Crippen LogP contribution < -0.4 is 11.1 Å². The standard InChI is InChI=1S/C25H26N4OS/c1-25(2,3)17-7-9-18(10-8-17)29-24(30)19-14-28-20-5-4-6-21(23(19)20)31-15-16-11-12-27-22(26)13-16/h4-14,28H,15H2,1-3H3,(H2,26,27)(H,29,30). The lowest BCUT2D eigenvalue weighted by Gasteiger charge is -2.19. The van der Waals surface area contributed by atoms with Gasteiger partial charge in [-0.25, -0.2) is 4.98 Å². The molecule has 0 radical (unpaired) electrons. The van der Waals surface area contributed by atoms with Gasteiger partial charge in [-0.2, -0.15) is 0 Å². The zero-order valence-corrected chi connectivity index (χ0v) is 18.7. The van der Waals surface area contributed by atoms with E-state index in [-0.39, 0.29) is 11.3 Å². The molecule has 4 N–H and O–H groups in total. The van der Waals surface area contributed by atoms with Crippen molar-refractivity contribution in [2.75, 3.05) is 11.1 Å². The van der Waals surface area contributed by atoms with E-state index in [0.29, 0.717) is 11.4 Å². The quantitative estimate of drug-likeness (QED) is 0.340. The Morgan fingerprint density at radius 3 is 2.61 bits per heavy atom. The summed E-state index contributed by atoms with van der Waals surface area (Å²) in [5, 5.41) is 3.96. The number of fused-ring (bicyclic) bond motifs is 1. The number of nitrogens with one attached hydrogen (secondary N) is 2. The van der Waals surface area contributed by atoms with Crippen LogP contribution in [0.15, 0.2) is 71.9 Å². The maximum atomic E-state index is 13.1. The third-order valence-corrected chi connectivity index (χ3v) is 6.29. The Bertz CT molecular complexity index is 1220. The number of benzene rings is 2. The van der Waals surface area contributed by atoms with Gasteiger partial charge in [0, 0.05) is 39.6 Å². The van der Waals surface area contributed by atoms with Gasteiger partial charge in [-0.3, -0.25) is 4.79 Å². The van der Waals surface area contributed by atoms with E-state index < -0.39 is 0 Å². The van der Waals surface area contributed by atoms with Crippen molar-refractivity contribution in [1.29, 1.82) is 0 Å². The molecule has 31 heavy (non-hydrogen) atoms. The number of hydrogen-bond acceptors (Lipinski definition) is 4. The van der Waals surface area contributed by atoms with Gasteiger partial charge >= 0.3 is 0 Å². The van der Waals surface area contributed by atoms with Crippen LogP contribution in [0.3, 0.4) is 0 Å². The van der Waals surface area contributed by atoms with E-state index in [2.05, 4.69) is 48.2 Å². The number of rotatable bonds is 5. The fourth-order valence-electron chi connectivity index (χ4n) is 3.45. The van der Waals surface area contributed by atoms with Crippen molar-refractivity contribution < 1.29 is 4.79 Å². The molecule has 4 aromatic rings. The number of anilines is 2. The van der Waals surface area contributed by atoms with Gasteiger partial charge in [-0.05, 0) is 52.9 Å². The first-order valence-corrected chi connectivity index (χ1v) is 11.1. The molecule has 2 aromatic carbocycles. The highest BCUT2D eigenvalue weighted by molar-refractivity contribution is 7.98. The predicted octanol–water partition coefficient (Wildman–Crippen LogP) is 5.99. The highest BCUT2D eigenvalue weighted by Gasteiger charge is 2.17. The van der Waals surface area contributed by atoms with Crippen molar-refractivity contribution in [2.45, 2.75) is 36.8 Å². The molecule has 0 aliphatic rings. The normalized spacial score (nSPS) is 11.6. The van der Waals surface area contributed by atoms with Crippen LogP contribution in [0, 0.1) is 0 Å². The number of carbonyl (C=O) groups is 1. The highest BCUT2D eigenvalue weighted by Crippen LogP contribution is 2.33. The number of H-pyrrole nitrogens is 1. The number of nitrogens with zero attached hydrogens (tertiary/aromatic N) is 1. The number of thioether (sulfide) groups is 1. The molecule has 1 amide bonds. The SMILES string of the molecule is CC(C)(C)c1ccc(NC(=O)c2c[nH]c3cccc(SCc4ccnc(N)c4)c23)cc1. The number of pyridine rings is 1. The minimum atomic E-state index is -0.129. The second kappa shape index (κ2) is 8.47. The summed E-state index contributed by atoms with van der Waals surface area (Å²) in [7, 11) is 0. The average molecular weight is 431 g/mol. The van der Waals surface area contributed by atoms with E-state index in [9.17, 15) is 4.79 Å². The monoisotopic (exact) mass is 430 g/mol. The van der Waals surface area contributed by atoms with E-state index >= 15 is 0 Å². The van der Waals surface area contributed by atoms with E-state index in [0.717, 1.165) is 32.8 Å². The Hall–Kier alpha value is -3.25. The maximum Gasteiger partial charge on any atom is 0.257 e. The van der Waals surface area contributed by atoms with Crippen molar-refractivity contribution in [3.8, 4) is 0 Å². The van der Waals surface area contributed by atoms with Crippen molar-refractivity contribution >= 4 is 40.1 Å². The first kappa shape index (κ1) is 21.0. The van der Waals surface area contributed by atoms with Gasteiger partial charge < -0.3 is 16.0 Å². The molecule has 0 bridgehead atoms. The van der Waals surface area contributed by atoms with Gasteiger partial charge in [-0.15, -0.1) is 11.8 Å². The summed E-state index contributed by atoms with van der Waals surface area (Å²) >= 11 is 1.68. The maximum absolute atomic E-state index is 13.1. The van der Waals surface area contributed by atoms with E-state index in [1.54, 1.807) is 24.2 Å². The second-order valence-corrected chi connectivity index (χ2v) is 9.56. The molecule has 158 valence electrons. The summed E-state index contributed by atoms with van der Waals surface area (Å²) in [6.45, 7) is 6.52. The van der Waals surface area contributed by atoms with Gasteiger partial charge in [0.2, 0.25) is 0 Å². The van der Waals surface area contributed by atoms with Crippen molar-refractivity contribution in [3.05, 3.63) is 83.7 Å². The highest BCUT2D eigenvalue weighted by atomic mass is 32.2. The van der Waals surface area contributed by atoms with E-state index in [1.165, 1.54) is 5.56 Å². The molecule has 4 rings (SSSR count). The molecule has 2 heterocycles. The number of aromatic nitrogens is 2. The van der Waals surface area contributed by atoms with Crippen molar-refractivity contribution in [3.63, 3.8) is 0 Å². The Morgan fingerprint density at radius 2 is 1.90 bits per heavy atom. The molecule has 6 heteroatoms. The molecule has 0 aliphatic heterocycles.